The van der Waals surface area contributed by atoms with Crippen molar-refractivity contribution in [2.45, 2.75) is 76.3 Å². The summed E-state index contributed by atoms with van der Waals surface area (Å²) in [6, 6.07) is 14.5. The van der Waals surface area contributed by atoms with E-state index in [1.165, 1.54) is 31.7 Å². The molecule has 3 aromatic rings. The Balaban J connectivity index is 1.63. The number of rotatable bonds is 5. The Kier molecular flexibility index (Phi) is 6.24. The lowest BCUT2D eigenvalue weighted by molar-refractivity contribution is -0.127. The predicted octanol–water partition coefficient (Wildman–Crippen LogP) is 6.41. The van der Waals surface area contributed by atoms with E-state index in [0.717, 1.165) is 49.6 Å². The smallest absolute Gasteiger partial charge is 0.243 e. The largest absolute Gasteiger partial charge is 0.352 e. The fourth-order valence-corrected chi connectivity index (χ4v) is 5.68. The molecule has 2 aliphatic rings. The Morgan fingerprint density at radius 2 is 1.56 bits per heavy atom. The van der Waals surface area contributed by atoms with Crippen LogP contribution in [-0.2, 0) is 4.79 Å². The maximum absolute atomic E-state index is 14.9. The molecule has 1 amide bonds. The Labute approximate surface area is 189 Å². The molecule has 0 radical (unpaired) electrons. The number of nitrogens with one attached hydrogen (secondary N) is 1. The van der Waals surface area contributed by atoms with E-state index in [9.17, 15) is 9.18 Å². The fraction of sp³-hybridized carbons (Fsp3) is 0.481. The molecule has 1 atom stereocenters. The molecule has 0 aliphatic heterocycles. The average molecular weight is 434 g/mol. The Bertz CT molecular complexity index is 1080. The van der Waals surface area contributed by atoms with Crippen molar-refractivity contribution in [3.63, 3.8) is 0 Å². The number of hydrogen-bond acceptors (Lipinski definition) is 2. The summed E-state index contributed by atoms with van der Waals surface area (Å²) >= 11 is 0. The first-order chi connectivity index (χ1) is 15.7. The van der Waals surface area contributed by atoms with Crippen LogP contribution in [0.15, 0.2) is 48.5 Å². The van der Waals surface area contributed by atoms with Crippen LogP contribution in [-0.4, -0.2) is 21.5 Å². The highest BCUT2D eigenvalue weighted by molar-refractivity contribution is 5.87. The number of amides is 1. The molecule has 1 heterocycles. The first-order valence-corrected chi connectivity index (χ1v) is 12.2. The quantitative estimate of drug-likeness (QED) is 0.505. The van der Waals surface area contributed by atoms with Gasteiger partial charge in [-0.2, -0.15) is 0 Å². The summed E-state index contributed by atoms with van der Waals surface area (Å²) in [6.07, 6.45) is 11.2. The van der Waals surface area contributed by atoms with Crippen LogP contribution in [0.25, 0.3) is 22.4 Å². The molecule has 2 aromatic carbocycles. The van der Waals surface area contributed by atoms with Gasteiger partial charge in [-0.15, -0.1) is 0 Å². The van der Waals surface area contributed by atoms with Crippen molar-refractivity contribution < 1.29 is 9.18 Å². The second-order valence-electron chi connectivity index (χ2n) is 9.46. The Morgan fingerprint density at radius 3 is 2.31 bits per heavy atom. The molecule has 5 heteroatoms. The van der Waals surface area contributed by atoms with Crippen LogP contribution in [0.1, 0.15) is 70.3 Å². The minimum atomic E-state index is -0.376. The van der Waals surface area contributed by atoms with Crippen LogP contribution >= 0.6 is 0 Å². The first-order valence-electron chi connectivity index (χ1n) is 12.2. The topological polar surface area (TPSA) is 46.9 Å². The van der Waals surface area contributed by atoms with Gasteiger partial charge in [0.25, 0.3) is 0 Å². The van der Waals surface area contributed by atoms with Crippen LogP contribution in [0, 0.1) is 11.7 Å². The third-order valence-corrected chi connectivity index (χ3v) is 7.31. The van der Waals surface area contributed by atoms with E-state index in [0.29, 0.717) is 11.4 Å². The number of fused-ring (bicyclic) bond motifs is 1. The summed E-state index contributed by atoms with van der Waals surface area (Å²) in [7, 11) is 0. The van der Waals surface area contributed by atoms with Crippen molar-refractivity contribution in [1.29, 1.82) is 0 Å². The summed E-state index contributed by atoms with van der Waals surface area (Å²) in [4.78, 5) is 18.7. The minimum Gasteiger partial charge on any atom is -0.352 e. The Hall–Kier alpha value is -2.69. The van der Waals surface area contributed by atoms with Gasteiger partial charge in [-0.25, -0.2) is 9.37 Å². The minimum absolute atomic E-state index is 0.0737. The van der Waals surface area contributed by atoms with Gasteiger partial charge in [-0.1, -0.05) is 62.8 Å². The van der Waals surface area contributed by atoms with Gasteiger partial charge in [0.15, 0.2) is 0 Å². The highest BCUT2D eigenvalue weighted by Gasteiger charge is 2.35. The number of hydrogen-bond donors (Lipinski definition) is 1. The monoisotopic (exact) mass is 433 g/mol. The summed E-state index contributed by atoms with van der Waals surface area (Å²) in [5.74, 6) is 0.554. The molecule has 5 rings (SSSR count). The molecule has 4 nitrogen and oxygen atoms in total. The molecule has 32 heavy (non-hydrogen) atoms. The molecule has 0 bridgehead atoms. The van der Waals surface area contributed by atoms with Gasteiger partial charge in [-0.05, 0) is 55.9 Å². The van der Waals surface area contributed by atoms with Gasteiger partial charge in [0, 0.05) is 6.04 Å². The van der Waals surface area contributed by atoms with E-state index >= 15 is 0 Å². The van der Waals surface area contributed by atoms with Gasteiger partial charge < -0.3 is 9.88 Å². The van der Waals surface area contributed by atoms with Gasteiger partial charge >= 0.3 is 0 Å². The molecule has 1 N–H and O–H groups in total. The van der Waals surface area contributed by atoms with Crippen LogP contribution in [0.3, 0.4) is 0 Å². The second-order valence-corrected chi connectivity index (χ2v) is 9.46. The van der Waals surface area contributed by atoms with Crippen LogP contribution in [0.2, 0.25) is 0 Å². The maximum atomic E-state index is 14.9. The van der Waals surface area contributed by atoms with Crippen LogP contribution in [0.4, 0.5) is 4.39 Å². The van der Waals surface area contributed by atoms with Crippen molar-refractivity contribution in [3.8, 4) is 11.4 Å². The third kappa shape index (κ3) is 4.17. The predicted molar refractivity (Wildman–Crippen MR) is 126 cm³/mol. The Morgan fingerprint density at radius 1 is 0.906 bits per heavy atom. The van der Waals surface area contributed by atoms with Gasteiger partial charge in [0.1, 0.15) is 17.7 Å². The summed E-state index contributed by atoms with van der Waals surface area (Å²) < 4.78 is 17.0. The maximum Gasteiger partial charge on any atom is 0.243 e. The van der Waals surface area contributed by atoms with Crippen LogP contribution in [0.5, 0.6) is 0 Å². The van der Waals surface area contributed by atoms with E-state index in [4.69, 9.17) is 4.98 Å². The number of nitrogens with zero attached hydrogens (tertiary/aromatic N) is 2. The molecule has 2 saturated carbocycles. The lowest BCUT2D eigenvalue weighted by Gasteiger charge is -2.33. The third-order valence-electron chi connectivity index (χ3n) is 7.31. The van der Waals surface area contributed by atoms with Crippen molar-refractivity contribution >= 4 is 16.9 Å². The highest BCUT2D eigenvalue weighted by atomic mass is 19.1. The summed E-state index contributed by atoms with van der Waals surface area (Å²) in [5.41, 5.74) is 2.16. The number of imidazole rings is 1. The average Bonchev–Trinajstić information content (AvgIpc) is 3.20. The van der Waals surface area contributed by atoms with Crippen molar-refractivity contribution in [3.05, 3.63) is 54.3 Å². The van der Waals surface area contributed by atoms with Gasteiger partial charge in [0.2, 0.25) is 5.91 Å². The molecule has 2 aliphatic carbocycles. The molecule has 1 unspecified atom stereocenters. The molecular formula is C27H32FN3O. The molecule has 0 spiro atoms. The van der Waals surface area contributed by atoms with E-state index in [2.05, 4.69) is 5.32 Å². The van der Waals surface area contributed by atoms with E-state index in [-0.39, 0.29) is 29.7 Å². The zero-order valence-corrected chi connectivity index (χ0v) is 18.6. The lowest BCUT2D eigenvalue weighted by Crippen LogP contribution is -2.43. The summed E-state index contributed by atoms with van der Waals surface area (Å²) in [5, 5.41) is 3.38. The van der Waals surface area contributed by atoms with E-state index in [1.807, 2.05) is 34.9 Å². The number of halogens is 1. The van der Waals surface area contributed by atoms with Crippen molar-refractivity contribution in [1.82, 2.24) is 14.9 Å². The highest BCUT2D eigenvalue weighted by Crippen LogP contribution is 2.39. The first kappa shape index (κ1) is 21.2. The zero-order valence-electron chi connectivity index (χ0n) is 18.6. The van der Waals surface area contributed by atoms with Crippen molar-refractivity contribution in [2.75, 3.05) is 0 Å². The zero-order chi connectivity index (χ0) is 21.9. The van der Waals surface area contributed by atoms with Gasteiger partial charge in [0.05, 0.1) is 16.6 Å². The normalized spacial score (nSPS) is 19.2. The molecule has 2 fully saturated rings. The second kappa shape index (κ2) is 9.43. The van der Waals surface area contributed by atoms with Crippen molar-refractivity contribution in [2.24, 2.45) is 5.92 Å². The van der Waals surface area contributed by atoms with Gasteiger partial charge in [-0.3, -0.25) is 4.79 Å². The number of carbonyl (C=O) groups excluding carboxylic acids is 1. The molecule has 168 valence electrons. The number of para-hydroxylation sites is 2. The van der Waals surface area contributed by atoms with Crippen LogP contribution < -0.4 is 5.32 Å². The number of aromatic nitrogens is 2. The molecular weight excluding hydrogens is 401 g/mol. The summed E-state index contributed by atoms with van der Waals surface area (Å²) in [6.45, 7) is 0. The van der Waals surface area contributed by atoms with E-state index in [1.54, 1.807) is 12.1 Å². The fourth-order valence-electron chi connectivity index (χ4n) is 5.68. The molecule has 1 aromatic heterocycles. The number of carbonyl (C=O) groups is 1. The van der Waals surface area contributed by atoms with E-state index < -0.39 is 0 Å². The standard InChI is InChI=1S/C27H32FN3O/c28-22-16-8-7-15-21(22)26-30-23-17-9-10-18-24(23)31(26)25(19-11-3-1-4-12-19)27(32)29-20-13-5-2-6-14-20/h7-10,15-20,25H,1-6,11-14H2,(H,29,32). The lowest BCUT2D eigenvalue weighted by atomic mass is 9.82. The SMILES string of the molecule is O=C(NC1CCCCC1)C(C1CCCCC1)n1c(-c2ccccc2F)nc2ccccc21. The number of benzene rings is 2. The molecule has 0 saturated heterocycles.